The molecule has 0 radical (unpaired) electrons. The average Bonchev–Trinajstić information content (AvgIpc) is 3.15. The van der Waals surface area contributed by atoms with E-state index in [0.29, 0.717) is 18.7 Å². The Morgan fingerprint density at radius 1 is 1.38 bits per heavy atom. The number of benzene rings is 1. The van der Waals surface area contributed by atoms with Gasteiger partial charge in [-0.05, 0) is 25.3 Å². The fourth-order valence-electron chi connectivity index (χ4n) is 2.93. The maximum atomic E-state index is 12.1. The molecule has 24 heavy (non-hydrogen) atoms. The van der Waals surface area contributed by atoms with Crippen molar-refractivity contribution in [3.8, 4) is 0 Å². The first-order chi connectivity index (χ1) is 11.6. The Morgan fingerprint density at radius 2 is 2.17 bits per heavy atom. The van der Waals surface area contributed by atoms with Crippen LogP contribution in [0.1, 0.15) is 33.9 Å². The molecule has 0 spiro atoms. The molecule has 1 saturated heterocycles. The van der Waals surface area contributed by atoms with Crippen LogP contribution in [0, 0.1) is 6.92 Å². The van der Waals surface area contributed by atoms with Gasteiger partial charge in [0, 0.05) is 24.9 Å². The number of aromatic nitrogens is 1. The van der Waals surface area contributed by atoms with Crippen LogP contribution in [0.2, 0.25) is 0 Å². The zero-order valence-electron chi connectivity index (χ0n) is 13.7. The lowest BCUT2D eigenvalue weighted by Crippen LogP contribution is -2.37. The van der Waals surface area contributed by atoms with Gasteiger partial charge in [-0.25, -0.2) is 4.98 Å². The van der Waals surface area contributed by atoms with E-state index in [1.165, 1.54) is 16.9 Å². The Morgan fingerprint density at radius 3 is 2.88 bits per heavy atom. The zero-order valence-corrected chi connectivity index (χ0v) is 14.5. The molecule has 126 valence electrons. The van der Waals surface area contributed by atoms with Crippen molar-refractivity contribution in [1.82, 2.24) is 15.2 Å². The Balaban J connectivity index is 1.46. The molecular formula is C18H21N3O2S. The van der Waals surface area contributed by atoms with Crippen molar-refractivity contribution in [2.75, 3.05) is 13.1 Å². The molecule has 2 aromatic rings. The van der Waals surface area contributed by atoms with Crippen LogP contribution in [0.25, 0.3) is 0 Å². The Bertz CT molecular complexity index is 714. The summed E-state index contributed by atoms with van der Waals surface area (Å²) in [5.41, 5.74) is 1.72. The normalized spacial score (nSPS) is 17.3. The molecule has 2 heterocycles. The first kappa shape index (κ1) is 16.6. The second kappa shape index (κ2) is 7.57. The number of hydrogen-bond donors (Lipinski definition) is 1. The van der Waals surface area contributed by atoms with E-state index in [-0.39, 0.29) is 17.9 Å². The van der Waals surface area contributed by atoms with Gasteiger partial charge in [-0.15, -0.1) is 11.3 Å². The predicted molar refractivity (Wildman–Crippen MR) is 94.1 cm³/mol. The van der Waals surface area contributed by atoms with E-state index >= 15 is 0 Å². The third kappa shape index (κ3) is 4.20. The topological polar surface area (TPSA) is 62.3 Å². The molecule has 1 fully saturated rings. The molecule has 1 unspecified atom stereocenters. The summed E-state index contributed by atoms with van der Waals surface area (Å²) in [5.74, 6) is -0.0777. The summed E-state index contributed by atoms with van der Waals surface area (Å²) in [7, 11) is 0. The van der Waals surface area contributed by atoms with Crippen molar-refractivity contribution < 1.29 is 9.59 Å². The van der Waals surface area contributed by atoms with Gasteiger partial charge in [0.05, 0.1) is 11.0 Å². The van der Waals surface area contributed by atoms with Crippen molar-refractivity contribution in [2.24, 2.45) is 0 Å². The van der Waals surface area contributed by atoms with Crippen LogP contribution < -0.4 is 5.32 Å². The van der Waals surface area contributed by atoms with E-state index in [4.69, 9.17) is 0 Å². The quantitative estimate of drug-likeness (QED) is 0.876. The molecule has 0 saturated carbocycles. The van der Waals surface area contributed by atoms with E-state index in [1.807, 2.05) is 30.0 Å². The van der Waals surface area contributed by atoms with Crippen molar-refractivity contribution in [1.29, 1.82) is 0 Å². The minimum absolute atomic E-state index is 0.114. The molecule has 1 N–H and O–H groups in total. The summed E-state index contributed by atoms with van der Waals surface area (Å²) >= 11 is 1.45. The van der Waals surface area contributed by atoms with E-state index in [0.717, 1.165) is 24.4 Å². The monoisotopic (exact) mass is 343 g/mol. The lowest BCUT2D eigenvalue weighted by Gasteiger charge is -2.17. The standard InChI is InChI=1S/C18H21N3O2S/c1-13-19-16(12-24-13)18(23)20-15-10-17(22)21(11-15)9-5-8-14-6-3-2-4-7-14/h2-4,6-7,12,15H,5,8-11H2,1H3,(H,20,23). The molecule has 1 aliphatic rings. The highest BCUT2D eigenvalue weighted by molar-refractivity contribution is 7.09. The number of hydrogen-bond acceptors (Lipinski definition) is 4. The van der Waals surface area contributed by atoms with E-state index in [1.54, 1.807) is 5.38 Å². The molecule has 6 heteroatoms. The molecule has 5 nitrogen and oxygen atoms in total. The molecule has 1 atom stereocenters. The highest BCUT2D eigenvalue weighted by atomic mass is 32.1. The lowest BCUT2D eigenvalue weighted by molar-refractivity contribution is -0.127. The summed E-state index contributed by atoms with van der Waals surface area (Å²) in [5, 5.41) is 5.53. The van der Waals surface area contributed by atoms with Gasteiger partial charge in [-0.1, -0.05) is 30.3 Å². The molecule has 3 rings (SSSR count). The van der Waals surface area contributed by atoms with Crippen LogP contribution >= 0.6 is 11.3 Å². The first-order valence-electron chi connectivity index (χ1n) is 8.16. The number of carbonyl (C=O) groups is 2. The minimum Gasteiger partial charge on any atom is -0.346 e. The predicted octanol–water partition coefficient (Wildman–Crippen LogP) is 2.42. The van der Waals surface area contributed by atoms with Crippen molar-refractivity contribution in [3.05, 3.63) is 52.0 Å². The van der Waals surface area contributed by atoms with Gasteiger partial charge in [0.25, 0.3) is 5.91 Å². The summed E-state index contributed by atoms with van der Waals surface area (Å²) in [4.78, 5) is 30.3. The number of nitrogens with zero attached hydrogens (tertiary/aromatic N) is 2. The fraction of sp³-hybridized carbons (Fsp3) is 0.389. The van der Waals surface area contributed by atoms with E-state index in [2.05, 4.69) is 22.4 Å². The van der Waals surface area contributed by atoms with Gasteiger partial charge in [0.2, 0.25) is 5.91 Å². The second-order valence-corrected chi connectivity index (χ2v) is 7.12. The average molecular weight is 343 g/mol. The summed E-state index contributed by atoms with van der Waals surface area (Å²) in [6.07, 6.45) is 2.27. The van der Waals surface area contributed by atoms with Gasteiger partial charge in [0.1, 0.15) is 5.69 Å². The van der Waals surface area contributed by atoms with Crippen LogP contribution in [-0.2, 0) is 11.2 Å². The van der Waals surface area contributed by atoms with Gasteiger partial charge in [-0.3, -0.25) is 9.59 Å². The van der Waals surface area contributed by atoms with Crippen molar-refractivity contribution in [3.63, 3.8) is 0 Å². The van der Waals surface area contributed by atoms with Gasteiger partial charge in [-0.2, -0.15) is 0 Å². The van der Waals surface area contributed by atoms with E-state index in [9.17, 15) is 9.59 Å². The number of carbonyl (C=O) groups excluding carboxylic acids is 2. The van der Waals surface area contributed by atoms with Crippen molar-refractivity contribution in [2.45, 2.75) is 32.2 Å². The highest BCUT2D eigenvalue weighted by Gasteiger charge is 2.30. The molecule has 1 aromatic heterocycles. The number of thiazole rings is 1. The Labute approximate surface area is 145 Å². The highest BCUT2D eigenvalue weighted by Crippen LogP contribution is 2.14. The van der Waals surface area contributed by atoms with Crippen LogP contribution in [0.3, 0.4) is 0 Å². The Kier molecular flexibility index (Phi) is 5.25. The van der Waals surface area contributed by atoms with Crippen LogP contribution in [0.4, 0.5) is 0 Å². The zero-order chi connectivity index (χ0) is 16.9. The van der Waals surface area contributed by atoms with Crippen molar-refractivity contribution >= 4 is 23.2 Å². The second-order valence-electron chi connectivity index (χ2n) is 6.06. The van der Waals surface area contributed by atoms with Crippen LogP contribution in [0.15, 0.2) is 35.7 Å². The van der Waals surface area contributed by atoms with E-state index < -0.39 is 0 Å². The van der Waals surface area contributed by atoms with Gasteiger partial charge in [0.15, 0.2) is 0 Å². The lowest BCUT2D eigenvalue weighted by atomic mass is 10.1. The smallest absolute Gasteiger partial charge is 0.271 e. The summed E-state index contributed by atoms with van der Waals surface area (Å²) in [6.45, 7) is 3.19. The van der Waals surface area contributed by atoms with Gasteiger partial charge < -0.3 is 10.2 Å². The van der Waals surface area contributed by atoms with Crippen LogP contribution in [0.5, 0.6) is 0 Å². The number of rotatable bonds is 6. The largest absolute Gasteiger partial charge is 0.346 e. The summed E-state index contributed by atoms with van der Waals surface area (Å²) in [6, 6.07) is 10.1. The third-order valence-corrected chi connectivity index (χ3v) is 4.91. The molecule has 1 aliphatic heterocycles. The molecule has 2 amide bonds. The fourth-order valence-corrected chi connectivity index (χ4v) is 3.52. The first-order valence-corrected chi connectivity index (χ1v) is 9.04. The maximum Gasteiger partial charge on any atom is 0.271 e. The molecule has 1 aromatic carbocycles. The third-order valence-electron chi connectivity index (χ3n) is 4.14. The summed E-state index contributed by atoms with van der Waals surface area (Å²) < 4.78 is 0. The number of nitrogens with one attached hydrogen (secondary N) is 1. The minimum atomic E-state index is -0.191. The number of aryl methyl sites for hydroxylation is 2. The molecule has 0 bridgehead atoms. The van der Waals surface area contributed by atoms with Crippen LogP contribution in [-0.4, -0.2) is 40.8 Å². The number of amides is 2. The molecule has 0 aliphatic carbocycles. The number of likely N-dealkylation sites (tertiary alicyclic amines) is 1. The Hall–Kier alpha value is -2.21. The van der Waals surface area contributed by atoms with Gasteiger partial charge >= 0.3 is 0 Å². The molecular weight excluding hydrogens is 322 g/mol. The SMILES string of the molecule is Cc1nc(C(=O)NC2CC(=O)N(CCCc3ccccc3)C2)cs1. The maximum absolute atomic E-state index is 12.1.